The second kappa shape index (κ2) is 6.47. The van der Waals surface area contributed by atoms with Crippen molar-refractivity contribution in [2.75, 3.05) is 0 Å². The minimum absolute atomic E-state index is 0.325. The monoisotopic (exact) mass is 369 g/mol. The lowest BCUT2D eigenvalue weighted by atomic mass is 9.85. The summed E-state index contributed by atoms with van der Waals surface area (Å²) in [4.78, 5) is 18.7. The highest BCUT2D eigenvalue weighted by Crippen LogP contribution is 2.45. The van der Waals surface area contributed by atoms with Crippen LogP contribution in [0.25, 0.3) is 21.3 Å². The minimum Gasteiger partial charge on any atom is -0.481 e. The lowest BCUT2D eigenvalue weighted by molar-refractivity contribution is -0.138. The Kier molecular flexibility index (Phi) is 4.27. The van der Waals surface area contributed by atoms with Gasteiger partial charge in [-0.2, -0.15) is 0 Å². The molecule has 3 nitrogen and oxygen atoms in total. The predicted octanol–water partition coefficient (Wildman–Crippen LogP) is 5.48. The van der Waals surface area contributed by atoms with E-state index in [0.717, 1.165) is 41.5 Å². The van der Waals surface area contributed by atoms with E-state index >= 15 is 0 Å². The molecule has 0 saturated carbocycles. The molecule has 3 aromatic rings. The lowest BCUT2D eigenvalue weighted by Gasteiger charge is -2.19. The fourth-order valence-corrected chi connectivity index (χ4v) is 5.33. The molecule has 0 fully saturated rings. The van der Waals surface area contributed by atoms with E-state index in [2.05, 4.69) is 0 Å². The molecule has 0 saturated heterocycles. The van der Waals surface area contributed by atoms with Gasteiger partial charge in [-0.05, 0) is 56.7 Å². The zero-order valence-electron chi connectivity index (χ0n) is 14.8. The highest BCUT2D eigenvalue weighted by molar-refractivity contribution is 7.19. The maximum Gasteiger partial charge on any atom is 0.310 e. The topological polar surface area (TPSA) is 50.2 Å². The second-order valence-electron chi connectivity index (χ2n) is 6.92. The van der Waals surface area contributed by atoms with Crippen LogP contribution in [-0.2, 0) is 17.6 Å². The Balaban J connectivity index is 2.16. The van der Waals surface area contributed by atoms with Crippen LogP contribution in [0.5, 0.6) is 0 Å². The zero-order chi connectivity index (χ0) is 18.4. The third-order valence-corrected chi connectivity index (χ3v) is 6.46. The van der Waals surface area contributed by atoms with Crippen LogP contribution in [0.2, 0.25) is 0 Å². The first-order chi connectivity index (χ1) is 12.5. The van der Waals surface area contributed by atoms with Crippen molar-refractivity contribution < 1.29 is 14.3 Å². The van der Waals surface area contributed by atoms with Gasteiger partial charge in [-0.1, -0.05) is 18.2 Å². The Morgan fingerprint density at radius 2 is 2.00 bits per heavy atom. The highest BCUT2D eigenvalue weighted by atomic mass is 32.1. The average molecular weight is 369 g/mol. The summed E-state index contributed by atoms with van der Waals surface area (Å²) in [6.07, 6.45) is 4.23. The van der Waals surface area contributed by atoms with Crippen LogP contribution in [0.3, 0.4) is 0 Å². The molecule has 2 heterocycles. The number of aliphatic carboxylic acids is 1. The summed E-state index contributed by atoms with van der Waals surface area (Å²) in [6.45, 7) is 3.48. The maximum absolute atomic E-state index is 14.8. The summed E-state index contributed by atoms with van der Waals surface area (Å²) in [6, 6.07) is 6.64. The van der Waals surface area contributed by atoms with E-state index in [4.69, 9.17) is 4.98 Å². The molecule has 1 aliphatic carbocycles. The Bertz CT molecular complexity index is 1020. The van der Waals surface area contributed by atoms with Crippen LogP contribution in [0, 0.1) is 12.7 Å². The lowest BCUT2D eigenvalue weighted by Crippen LogP contribution is -2.12. The van der Waals surface area contributed by atoms with Crippen LogP contribution < -0.4 is 0 Å². The van der Waals surface area contributed by atoms with Crippen molar-refractivity contribution in [2.24, 2.45) is 0 Å². The number of hydrogen-bond acceptors (Lipinski definition) is 3. The van der Waals surface area contributed by atoms with Gasteiger partial charge in [-0.3, -0.25) is 4.79 Å². The first-order valence-electron chi connectivity index (χ1n) is 8.91. The van der Waals surface area contributed by atoms with Crippen molar-refractivity contribution in [1.29, 1.82) is 0 Å². The van der Waals surface area contributed by atoms with Gasteiger partial charge >= 0.3 is 5.97 Å². The van der Waals surface area contributed by atoms with Gasteiger partial charge in [-0.15, -0.1) is 11.3 Å². The molecule has 1 aliphatic rings. The zero-order valence-corrected chi connectivity index (χ0v) is 15.6. The number of aryl methyl sites for hydroxylation is 3. The number of aromatic nitrogens is 1. The van der Waals surface area contributed by atoms with Gasteiger partial charge in [0.25, 0.3) is 0 Å². The molecule has 134 valence electrons. The summed E-state index contributed by atoms with van der Waals surface area (Å²) < 4.78 is 14.8. The third kappa shape index (κ3) is 2.62. The number of carboxylic acids is 1. The number of benzene rings is 1. The molecule has 5 heteroatoms. The van der Waals surface area contributed by atoms with Crippen LogP contribution in [0.15, 0.2) is 24.3 Å². The molecular formula is C21H20FNO2S. The molecule has 26 heavy (non-hydrogen) atoms. The largest absolute Gasteiger partial charge is 0.481 e. The molecule has 4 rings (SSSR count). The Hall–Kier alpha value is -2.27. The summed E-state index contributed by atoms with van der Waals surface area (Å²) in [5.41, 5.74) is 3.73. The van der Waals surface area contributed by atoms with Crippen LogP contribution in [0.1, 0.15) is 47.4 Å². The molecule has 0 aliphatic heterocycles. The number of halogens is 1. The van der Waals surface area contributed by atoms with E-state index in [1.807, 2.05) is 6.92 Å². The molecule has 1 atom stereocenters. The summed E-state index contributed by atoms with van der Waals surface area (Å²) in [7, 11) is 0. The van der Waals surface area contributed by atoms with Gasteiger partial charge in [0.1, 0.15) is 10.6 Å². The van der Waals surface area contributed by atoms with E-state index in [1.54, 1.807) is 36.5 Å². The third-order valence-electron chi connectivity index (χ3n) is 5.28. The summed E-state index contributed by atoms with van der Waals surface area (Å²) in [5, 5.41) is 10.6. The number of fused-ring (bicyclic) bond motifs is 3. The smallest absolute Gasteiger partial charge is 0.310 e. The number of carbonyl (C=O) groups is 1. The predicted molar refractivity (Wildman–Crippen MR) is 102 cm³/mol. The minimum atomic E-state index is -0.920. The van der Waals surface area contributed by atoms with E-state index < -0.39 is 11.9 Å². The van der Waals surface area contributed by atoms with Gasteiger partial charge in [0.05, 0.1) is 5.92 Å². The van der Waals surface area contributed by atoms with Crippen LogP contribution >= 0.6 is 11.3 Å². The number of thiophene rings is 1. The Morgan fingerprint density at radius 1 is 1.27 bits per heavy atom. The SMILES string of the molecule is Cc1nc2sc3c(c2c(-c2ccccc2F)c1C(C)C(=O)O)CCCC3. The molecule has 0 spiro atoms. The molecule has 0 bridgehead atoms. The van der Waals surface area contributed by atoms with Gasteiger partial charge in [-0.25, -0.2) is 9.37 Å². The molecule has 0 amide bonds. The molecule has 1 N–H and O–H groups in total. The molecule has 1 unspecified atom stereocenters. The number of rotatable bonds is 3. The fourth-order valence-electron chi connectivity index (χ4n) is 4.01. The number of hydrogen-bond donors (Lipinski definition) is 1. The summed E-state index contributed by atoms with van der Waals surface area (Å²) in [5.74, 6) is -1.99. The fraction of sp³-hybridized carbons (Fsp3) is 0.333. The Labute approximate surface area is 155 Å². The number of nitrogens with zero attached hydrogens (tertiary/aromatic N) is 1. The standard InChI is InChI=1S/C21H20FNO2S/c1-11(21(24)25)17-12(2)23-20-19(14-8-4-6-10-16(14)26-20)18(17)13-7-3-5-9-15(13)22/h3,5,7,9,11H,4,6,8,10H2,1-2H3,(H,24,25). The van der Waals surface area contributed by atoms with Crippen molar-refractivity contribution in [1.82, 2.24) is 4.98 Å². The molecule has 2 aromatic heterocycles. The quantitative estimate of drug-likeness (QED) is 0.665. The first-order valence-corrected chi connectivity index (χ1v) is 9.73. The molecular weight excluding hydrogens is 349 g/mol. The van der Waals surface area contributed by atoms with Gasteiger partial charge in [0.2, 0.25) is 0 Å². The number of carboxylic acid groups (broad SMARTS) is 1. The van der Waals surface area contributed by atoms with Crippen molar-refractivity contribution >= 4 is 27.5 Å². The second-order valence-corrected chi connectivity index (χ2v) is 8.00. The number of pyridine rings is 1. The van der Waals surface area contributed by atoms with Gasteiger partial charge in [0.15, 0.2) is 0 Å². The van der Waals surface area contributed by atoms with Crippen molar-refractivity contribution in [3.05, 3.63) is 51.8 Å². The van der Waals surface area contributed by atoms with Crippen molar-refractivity contribution in [2.45, 2.75) is 45.4 Å². The van der Waals surface area contributed by atoms with E-state index in [-0.39, 0.29) is 5.82 Å². The van der Waals surface area contributed by atoms with Crippen LogP contribution in [-0.4, -0.2) is 16.1 Å². The van der Waals surface area contributed by atoms with Gasteiger partial charge < -0.3 is 5.11 Å². The van der Waals surface area contributed by atoms with E-state index in [9.17, 15) is 14.3 Å². The van der Waals surface area contributed by atoms with E-state index in [0.29, 0.717) is 16.8 Å². The van der Waals surface area contributed by atoms with Crippen molar-refractivity contribution in [3.8, 4) is 11.1 Å². The highest BCUT2D eigenvalue weighted by Gasteiger charge is 2.28. The summed E-state index contributed by atoms with van der Waals surface area (Å²) >= 11 is 1.68. The normalized spacial score (nSPS) is 15.0. The molecule has 0 radical (unpaired) electrons. The molecule has 1 aromatic carbocycles. The van der Waals surface area contributed by atoms with Crippen molar-refractivity contribution in [3.63, 3.8) is 0 Å². The average Bonchev–Trinajstić information content (AvgIpc) is 2.98. The first kappa shape index (κ1) is 17.2. The Morgan fingerprint density at radius 3 is 2.73 bits per heavy atom. The van der Waals surface area contributed by atoms with E-state index in [1.165, 1.54) is 16.5 Å². The van der Waals surface area contributed by atoms with Crippen LogP contribution in [0.4, 0.5) is 4.39 Å². The van der Waals surface area contributed by atoms with Gasteiger partial charge in [0, 0.05) is 27.1 Å². The maximum atomic E-state index is 14.8.